The fraction of sp³-hybridized carbons (Fsp3) is 0.632. The van der Waals surface area contributed by atoms with Crippen molar-refractivity contribution in [2.75, 3.05) is 19.6 Å². The van der Waals surface area contributed by atoms with Gasteiger partial charge in [-0.25, -0.2) is 4.99 Å². The third kappa shape index (κ3) is 5.86. The van der Waals surface area contributed by atoms with E-state index in [2.05, 4.69) is 15.6 Å². The molecule has 1 aliphatic carbocycles. The van der Waals surface area contributed by atoms with Crippen LogP contribution in [0.15, 0.2) is 21.5 Å². The van der Waals surface area contributed by atoms with Crippen molar-refractivity contribution in [1.29, 1.82) is 0 Å². The number of hydrogen-bond acceptors (Lipinski definition) is 4. The zero-order valence-electron chi connectivity index (χ0n) is 16.3. The van der Waals surface area contributed by atoms with E-state index in [1.54, 1.807) is 12.1 Å². The molecule has 8 nitrogen and oxygen atoms in total. The first-order valence-corrected chi connectivity index (χ1v) is 9.79. The standard InChI is InChI=1S/C19H29N5O3.HI/c1-2-21-19(22-11-15-7-8-16(27-15)17(20)25)23-14-9-10-24(12-14)18(26)13-5-3-4-6-13;/h7-8,13-14H,2-6,9-12H2,1H3,(H2,20,25)(H2,21,22,23);1H. The third-order valence-electron chi connectivity index (χ3n) is 5.19. The van der Waals surface area contributed by atoms with E-state index in [0.29, 0.717) is 30.7 Å². The van der Waals surface area contributed by atoms with Crippen LogP contribution in [0.3, 0.4) is 0 Å². The number of nitrogens with one attached hydrogen (secondary N) is 2. The molecule has 1 atom stereocenters. The Morgan fingerprint density at radius 1 is 1.29 bits per heavy atom. The Morgan fingerprint density at radius 2 is 2.04 bits per heavy atom. The van der Waals surface area contributed by atoms with Gasteiger partial charge in [0.25, 0.3) is 5.91 Å². The zero-order valence-corrected chi connectivity index (χ0v) is 18.6. The minimum Gasteiger partial charge on any atom is -0.454 e. The molecular formula is C19H30IN5O3. The quantitative estimate of drug-likeness (QED) is 0.312. The van der Waals surface area contributed by atoms with Crippen LogP contribution in [-0.4, -0.2) is 48.3 Å². The number of aliphatic imine (C=N–C) groups is 1. The molecule has 9 heteroatoms. The number of carbonyl (C=O) groups is 2. The van der Waals surface area contributed by atoms with Crippen molar-refractivity contribution < 1.29 is 14.0 Å². The number of primary amides is 1. The number of nitrogens with zero attached hydrogens (tertiary/aromatic N) is 2. The second kappa shape index (κ2) is 10.7. The number of rotatable bonds is 6. The molecule has 1 saturated heterocycles. The number of guanidine groups is 1. The number of carbonyl (C=O) groups excluding carboxylic acids is 2. The molecule has 2 aliphatic rings. The van der Waals surface area contributed by atoms with Crippen LogP contribution in [0.4, 0.5) is 0 Å². The number of amides is 2. The highest BCUT2D eigenvalue weighted by atomic mass is 127. The Kier molecular flexibility index (Phi) is 8.58. The van der Waals surface area contributed by atoms with Gasteiger partial charge in [0.1, 0.15) is 12.3 Å². The van der Waals surface area contributed by atoms with Gasteiger partial charge in [-0.3, -0.25) is 9.59 Å². The summed E-state index contributed by atoms with van der Waals surface area (Å²) < 4.78 is 5.36. The van der Waals surface area contributed by atoms with Crippen LogP contribution in [0, 0.1) is 5.92 Å². The van der Waals surface area contributed by atoms with E-state index in [4.69, 9.17) is 10.2 Å². The van der Waals surface area contributed by atoms with E-state index in [0.717, 1.165) is 32.4 Å². The average molecular weight is 503 g/mol. The van der Waals surface area contributed by atoms with E-state index in [9.17, 15) is 9.59 Å². The highest BCUT2D eigenvalue weighted by molar-refractivity contribution is 14.0. The van der Waals surface area contributed by atoms with Crippen LogP contribution in [0.2, 0.25) is 0 Å². The first-order valence-electron chi connectivity index (χ1n) is 9.79. The molecule has 0 spiro atoms. The van der Waals surface area contributed by atoms with Crippen molar-refractivity contribution in [2.24, 2.45) is 16.6 Å². The van der Waals surface area contributed by atoms with E-state index in [1.807, 2.05) is 11.8 Å². The maximum absolute atomic E-state index is 12.6. The van der Waals surface area contributed by atoms with Crippen molar-refractivity contribution >= 4 is 41.8 Å². The Morgan fingerprint density at radius 3 is 2.68 bits per heavy atom. The predicted octanol–water partition coefficient (Wildman–Crippen LogP) is 1.84. The zero-order chi connectivity index (χ0) is 19.2. The SMILES string of the molecule is CCNC(=NCc1ccc(C(N)=O)o1)NC1CCN(C(=O)C2CCCC2)C1.I. The van der Waals surface area contributed by atoms with Gasteiger partial charge in [-0.05, 0) is 38.3 Å². The molecule has 1 aromatic rings. The van der Waals surface area contributed by atoms with Gasteiger partial charge in [0.15, 0.2) is 11.7 Å². The smallest absolute Gasteiger partial charge is 0.284 e. The monoisotopic (exact) mass is 503 g/mol. The Balaban J connectivity index is 0.00000280. The summed E-state index contributed by atoms with van der Waals surface area (Å²) in [6.45, 7) is 4.55. The van der Waals surface area contributed by atoms with Crippen molar-refractivity contribution in [2.45, 2.75) is 51.6 Å². The second-order valence-corrected chi connectivity index (χ2v) is 7.22. The van der Waals surface area contributed by atoms with Gasteiger partial charge >= 0.3 is 0 Å². The van der Waals surface area contributed by atoms with Crippen LogP contribution >= 0.6 is 24.0 Å². The summed E-state index contributed by atoms with van der Waals surface area (Å²) in [7, 11) is 0. The van der Waals surface area contributed by atoms with Gasteiger partial charge in [0.05, 0.1) is 0 Å². The number of furan rings is 1. The fourth-order valence-electron chi connectivity index (χ4n) is 3.77. The average Bonchev–Trinajstić information content (AvgIpc) is 3.40. The number of halogens is 1. The van der Waals surface area contributed by atoms with Crippen molar-refractivity contribution in [3.63, 3.8) is 0 Å². The topological polar surface area (TPSA) is 113 Å². The number of hydrogen-bond donors (Lipinski definition) is 3. The summed E-state index contributed by atoms with van der Waals surface area (Å²) in [5.41, 5.74) is 5.20. The fourth-order valence-corrected chi connectivity index (χ4v) is 3.77. The summed E-state index contributed by atoms with van der Waals surface area (Å²) in [6.07, 6.45) is 5.33. The normalized spacial score (nSPS) is 20.1. The summed E-state index contributed by atoms with van der Waals surface area (Å²) in [5.74, 6) is 1.33. The summed E-state index contributed by atoms with van der Waals surface area (Å²) >= 11 is 0. The number of likely N-dealkylation sites (tertiary alicyclic amines) is 1. The first kappa shape index (κ1) is 22.5. The maximum Gasteiger partial charge on any atom is 0.284 e. The van der Waals surface area contributed by atoms with Crippen molar-refractivity contribution in [3.05, 3.63) is 23.7 Å². The highest BCUT2D eigenvalue weighted by Crippen LogP contribution is 2.27. The van der Waals surface area contributed by atoms with Gasteiger partial charge in [-0.15, -0.1) is 24.0 Å². The molecule has 1 aliphatic heterocycles. The van der Waals surface area contributed by atoms with E-state index >= 15 is 0 Å². The van der Waals surface area contributed by atoms with Crippen LogP contribution in [0.5, 0.6) is 0 Å². The van der Waals surface area contributed by atoms with Crippen molar-refractivity contribution in [1.82, 2.24) is 15.5 Å². The van der Waals surface area contributed by atoms with Crippen molar-refractivity contribution in [3.8, 4) is 0 Å². The molecule has 156 valence electrons. The minimum atomic E-state index is -0.590. The lowest BCUT2D eigenvalue weighted by Crippen LogP contribution is -2.45. The van der Waals surface area contributed by atoms with E-state index < -0.39 is 5.91 Å². The molecular weight excluding hydrogens is 473 g/mol. The third-order valence-corrected chi connectivity index (χ3v) is 5.19. The molecule has 2 amide bonds. The van der Waals surface area contributed by atoms with Gasteiger partial charge in [-0.1, -0.05) is 12.8 Å². The van der Waals surface area contributed by atoms with E-state index in [1.165, 1.54) is 12.8 Å². The predicted molar refractivity (Wildman–Crippen MR) is 118 cm³/mol. The van der Waals surface area contributed by atoms with Gasteiger partial charge in [0.2, 0.25) is 5.91 Å². The molecule has 28 heavy (non-hydrogen) atoms. The molecule has 0 bridgehead atoms. The lowest BCUT2D eigenvalue weighted by molar-refractivity contribution is -0.134. The lowest BCUT2D eigenvalue weighted by Gasteiger charge is -2.21. The molecule has 4 N–H and O–H groups in total. The van der Waals surface area contributed by atoms with Gasteiger partial charge < -0.3 is 25.7 Å². The largest absolute Gasteiger partial charge is 0.454 e. The van der Waals surface area contributed by atoms with Crippen LogP contribution < -0.4 is 16.4 Å². The Labute approximate surface area is 182 Å². The van der Waals surface area contributed by atoms with Crippen LogP contribution in [0.25, 0.3) is 0 Å². The highest BCUT2D eigenvalue weighted by Gasteiger charge is 2.32. The number of nitrogens with two attached hydrogens (primary N) is 1. The summed E-state index contributed by atoms with van der Waals surface area (Å²) in [6, 6.07) is 3.44. The molecule has 2 heterocycles. The summed E-state index contributed by atoms with van der Waals surface area (Å²) in [4.78, 5) is 30.2. The van der Waals surface area contributed by atoms with Crippen LogP contribution in [-0.2, 0) is 11.3 Å². The maximum atomic E-state index is 12.6. The van der Waals surface area contributed by atoms with Gasteiger partial charge in [0, 0.05) is 31.6 Å². The molecule has 1 unspecified atom stereocenters. The summed E-state index contributed by atoms with van der Waals surface area (Å²) in [5, 5.41) is 6.61. The molecule has 1 aromatic heterocycles. The molecule has 0 radical (unpaired) electrons. The van der Waals surface area contributed by atoms with E-state index in [-0.39, 0.29) is 41.7 Å². The second-order valence-electron chi connectivity index (χ2n) is 7.22. The first-order chi connectivity index (χ1) is 13.1. The van der Waals surface area contributed by atoms with Gasteiger partial charge in [-0.2, -0.15) is 0 Å². The molecule has 3 rings (SSSR count). The Hall–Kier alpha value is -1.78. The molecule has 1 saturated carbocycles. The molecule has 0 aromatic carbocycles. The molecule has 2 fully saturated rings. The Bertz CT molecular complexity index is 699. The van der Waals surface area contributed by atoms with Crippen LogP contribution in [0.1, 0.15) is 55.3 Å². The minimum absolute atomic E-state index is 0. The lowest BCUT2D eigenvalue weighted by atomic mass is 10.1.